The van der Waals surface area contributed by atoms with Gasteiger partial charge in [0, 0.05) is 5.69 Å². The topological polar surface area (TPSA) is 102 Å². The van der Waals surface area contributed by atoms with Crippen molar-refractivity contribution in [2.45, 2.75) is 6.92 Å². The first-order valence-electron chi connectivity index (χ1n) is 8.93. The van der Waals surface area contributed by atoms with E-state index in [4.69, 9.17) is 4.74 Å². The van der Waals surface area contributed by atoms with Crippen molar-refractivity contribution in [3.05, 3.63) is 71.9 Å². The predicted octanol–water partition coefficient (Wildman–Crippen LogP) is 3.66. The van der Waals surface area contributed by atoms with Crippen molar-refractivity contribution in [1.29, 1.82) is 0 Å². The van der Waals surface area contributed by atoms with Crippen molar-refractivity contribution in [3.63, 3.8) is 0 Å². The number of nitrogens with zero attached hydrogens (tertiary/aromatic N) is 2. The zero-order chi connectivity index (χ0) is 20.6. The van der Waals surface area contributed by atoms with Crippen LogP contribution in [-0.4, -0.2) is 35.8 Å². The van der Waals surface area contributed by atoms with Crippen LogP contribution in [0.5, 0.6) is 5.75 Å². The standard InChI is InChI=1S/C21H20N4O4/c1-3-29-18-10-5-4-9-16(18)23-19-12-11-17(24-25-19)20(26)22-15-8-6-7-14(13-15)21(27)28-2/h4-13H,3H2,1-2H3,(H,22,26)(H,23,25). The monoisotopic (exact) mass is 392 g/mol. The Morgan fingerprint density at radius 3 is 2.55 bits per heavy atom. The molecule has 8 nitrogen and oxygen atoms in total. The first-order chi connectivity index (χ1) is 14.1. The number of esters is 1. The first kappa shape index (κ1) is 19.8. The van der Waals surface area contributed by atoms with Gasteiger partial charge in [-0.2, -0.15) is 0 Å². The minimum Gasteiger partial charge on any atom is -0.492 e. The maximum Gasteiger partial charge on any atom is 0.337 e. The number of methoxy groups -OCH3 is 1. The molecule has 1 amide bonds. The number of rotatable bonds is 7. The van der Waals surface area contributed by atoms with Crippen molar-refractivity contribution in [3.8, 4) is 5.75 Å². The van der Waals surface area contributed by atoms with Gasteiger partial charge in [0.25, 0.3) is 5.91 Å². The maximum atomic E-state index is 12.4. The normalized spacial score (nSPS) is 10.1. The molecule has 0 saturated heterocycles. The highest BCUT2D eigenvalue weighted by molar-refractivity contribution is 6.03. The average Bonchev–Trinajstić information content (AvgIpc) is 2.75. The summed E-state index contributed by atoms with van der Waals surface area (Å²) in [6.07, 6.45) is 0. The third-order valence-corrected chi connectivity index (χ3v) is 3.89. The fourth-order valence-electron chi connectivity index (χ4n) is 2.55. The lowest BCUT2D eigenvalue weighted by Crippen LogP contribution is -2.15. The van der Waals surface area contributed by atoms with Crippen molar-refractivity contribution in [1.82, 2.24) is 10.2 Å². The van der Waals surface area contributed by atoms with Crippen LogP contribution in [0.25, 0.3) is 0 Å². The molecule has 0 fully saturated rings. The molecule has 1 heterocycles. The number of nitrogens with one attached hydrogen (secondary N) is 2. The largest absolute Gasteiger partial charge is 0.492 e. The highest BCUT2D eigenvalue weighted by Crippen LogP contribution is 2.26. The third kappa shape index (κ3) is 5.07. The molecule has 29 heavy (non-hydrogen) atoms. The van der Waals surface area contributed by atoms with Gasteiger partial charge in [0.2, 0.25) is 0 Å². The van der Waals surface area contributed by atoms with E-state index in [0.29, 0.717) is 29.4 Å². The molecule has 0 spiro atoms. The zero-order valence-electron chi connectivity index (χ0n) is 16.0. The number of hydrogen-bond donors (Lipinski definition) is 2. The Kier molecular flexibility index (Phi) is 6.36. The van der Waals surface area contributed by atoms with E-state index in [1.54, 1.807) is 30.3 Å². The van der Waals surface area contributed by atoms with Gasteiger partial charge in [-0.05, 0) is 49.4 Å². The van der Waals surface area contributed by atoms with Gasteiger partial charge < -0.3 is 20.1 Å². The molecule has 0 unspecified atom stereocenters. The molecule has 8 heteroatoms. The van der Waals surface area contributed by atoms with Gasteiger partial charge in [-0.25, -0.2) is 4.79 Å². The lowest BCUT2D eigenvalue weighted by molar-refractivity contribution is 0.0600. The maximum absolute atomic E-state index is 12.4. The van der Waals surface area contributed by atoms with Crippen LogP contribution in [0, 0.1) is 0 Å². The number of hydrogen-bond acceptors (Lipinski definition) is 7. The molecule has 1 aromatic heterocycles. The first-order valence-corrected chi connectivity index (χ1v) is 8.93. The van der Waals surface area contributed by atoms with Gasteiger partial charge in [0.15, 0.2) is 11.5 Å². The molecule has 3 aromatic rings. The minimum absolute atomic E-state index is 0.136. The van der Waals surface area contributed by atoms with E-state index in [-0.39, 0.29) is 5.69 Å². The lowest BCUT2D eigenvalue weighted by Gasteiger charge is -2.11. The summed E-state index contributed by atoms with van der Waals surface area (Å²) in [6.45, 7) is 2.45. The number of carbonyl (C=O) groups excluding carboxylic acids is 2. The summed E-state index contributed by atoms with van der Waals surface area (Å²) in [4.78, 5) is 24.0. The summed E-state index contributed by atoms with van der Waals surface area (Å²) >= 11 is 0. The van der Waals surface area contributed by atoms with Crippen molar-refractivity contribution >= 4 is 29.1 Å². The summed E-state index contributed by atoms with van der Waals surface area (Å²) in [6, 6.07) is 17.1. The Balaban J connectivity index is 1.69. The number of benzene rings is 2. The third-order valence-electron chi connectivity index (χ3n) is 3.89. The summed E-state index contributed by atoms with van der Waals surface area (Å²) in [5.74, 6) is 0.245. The van der Waals surface area contributed by atoms with Gasteiger partial charge in [-0.1, -0.05) is 18.2 Å². The van der Waals surface area contributed by atoms with Crippen molar-refractivity contribution in [2.75, 3.05) is 24.4 Å². The van der Waals surface area contributed by atoms with E-state index >= 15 is 0 Å². The van der Waals surface area contributed by atoms with E-state index in [1.807, 2.05) is 31.2 Å². The fourth-order valence-corrected chi connectivity index (χ4v) is 2.55. The molecule has 2 aromatic carbocycles. The molecule has 0 aliphatic carbocycles. The highest BCUT2D eigenvalue weighted by atomic mass is 16.5. The average molecular weight is 392 g/mol. The van der Waals surface area contributed by atoms with Gasteiger partial charge in [-0.15, -0.1) is 10.2 Å². The van der Waals surface area contributed by atoms with Crippen LogP contribution in [0.15, 0.2) is 60.7 Å². The molecule has 3 rings (SSSR count). The van der Waals surface area contributed by atoms with E-state index in [1.165, 1.54) is 13.2 Å². The van der Waals surface area contributed by atoms with E-state index in [2.05, 4.69) is 25.6 Å². The molecule has 0 bridgehead atoms. The summed E-state index contributed by atoms with van der Waals surface area (Å²) < 4.78 is 10.2. The van der Waals surface area contributed by atoms with Crippen LogP contribution in [0.3, 0.4) is 0 Å². The highest BCUT2D eigenvalue weighted by Gasteiger charge is 2.12. The second-order valence-corrected chi connectivity index (χ2v) is 5.88. The summed E-state index contributed by atoms with van der Waals surface area (Å²) in [5, 5.41) is 13.8. The quantitative estimate of drug-likeness (QED) is 0.592. The Morgan fingerprint density at radius 2 is 1.83 bits per heavy atom. The van der Waals surface area contributed by atoms with Crippen LogP contribution in [0.1, 0.15) is 27.8 Å². The molecule has 0 aliphatic heterocycles. The Morgan fingerprint density at radius 1 is 1.00 bits per heavy atom. The van der Waals surface area contributed by atoms with Gasteiger partial charge in [-0.3, -0.25) is 4.79 Å². The number of aromatic nitrogens is 2. The van der Waals surface area contributed by atoms with Gasteiger partial charge >= 0.3 is 5.97 Å². The number of anilines is 3. The van der Waals surface area contributed by atoms with Crippen LogP contribution >= 0.6 is 0 Å². The number of ether oxygens (including phenoxy) is 2. The fraction of sp³-hybridized carbons (Fsp3) is 0.143. The number of carbonyl (C=O) groups is 2. The molecule has 0 saturated carbocycles. The van der Waals surface area contributed by atoms with E-state index < -0.39 is 11.9 Å². The number of para-hydroxylation sites is 2. The molecule has 148 valence electrons. The van der Waals surface area contributed by atoms with Crippen LogP contribution in [-0.2, 0) is 4.74 Å². The smallest absolute Gasteiger partial charge is 0.337 e. The molecule has 0 atom stereocenters. The Hall–Kier alpha value is -3.94. The van der Waals surface area contributed by atoms with Gasteiger partial charge in [0.1, 0.15) is 5.75 Å². The minimum atomic E-state index is -0.483. The second kappa shape index (κ2) is 9.32. The van der Waals surface area contributed by atoms with Gasteiger partial charge in [0.05, 0.1) is 25.0 Å². The van der Waals surface area contributed by atoms with Crippen molar-refractivity contribution in [2.24, 2.45) is 0 Å². The predicted molar refractivity (Wildman–Crippen MR) is 109 cm³/mol. The molecule has 2 N–H and O–H groups in total. The molecule has 0 aliphatic rings. The Labute approximate surface area is 167 Å². The van der Waals surface area contributed by atoms with Crippen LogP contribution in [0.4, 0.5) is 17.2 Å². The molecular formula is C21H20N4O4. The van der Waals surface area contributed by atoms with Crippen LogP contribution < -0.4 is 15.4 Å². The summed E-state index contributed by atoms with van der Waals surface area (Å²) in [5.41, 5.74) is 1.68. The van der Waals surface area contributed by atoms with E-state index in [9.17, 15) is 9.59 Å². The lowest BCUT2D eigenvalue weighted by atomic mass is 10.2. The van der Waals surface area contributed by atoms with E-state index in [0.717, 1.165) is 5.69 Å². The van der Waals surface area contributed by atoms with Crippen LogP contribution in [0.2, 0.25) is 0 Å². The SMILES string of the molecule is CCOc1ccccc1Nc1ccc(C(=O)Nc2cccc(C(=O)OC)c2)nn1. The summed E-state index contributed by atoms with van der Waals surface area (Å²) in [7, 11) is 1.30. The van der Waals surface area contributed by atoms with Crippen molar-refractivity contribution < 1.29 is 19.1 Å². The molecular weight excluding hydrogens is 372 g/mol. The zero-order valence-corrected chi connectivity index (χ0v) is 16.0. The Bertz CT molecular complexity index is 1010. The number of amides is 1. The molecule has 0 radical (unpaired) electrons. The second-order valence-electron chi connectivity index (χ2n) is 5.88.